The number of nitrogens with zero attached hydrogens (tertiary/aromatic N) is 3. The molecule has 24 heavy (non-hydrogen) atoms. The van der Waals surface area contributed by atoms with Crippen LogP contribution in [0.5, 0.6) is 0 Å². The van der Waals surface area contributed by atoms with Gasteiger partial charge in [-0.15, -0.1) is 0 Å². The second-order valence-electron chi connectivity index (χ2n) is 5.34. The summed E-state index contributed by atoms with van der Waals surface area (Å²) in [6.07, 6.45) is 7.09. The summed E-state index contributed by atoms with van der Waals surface area (Å²) in [4.78, 5) is 20.0. The molecule has 0 bridgehead atoms. The Kier molecular flexibility index (Phi) is 3.88. The minimum atomic E-state index is -0.0107. The summed E-state index contributed by atoms with van der Waals surface area (Å²) in [6, 6.07) is 13.7. The van der Waals surface area contributed by atoms with Crippen molar-refractivity contribution >= 4 is 29.2 Å². The normalized spacial score (nSPS) is 14.8. The van der Waals surface area contributed by atoms with Gasteiger partial charge < -0.3 is 9.32 Å². The van der Waals surface area contributed by atoms with E-state index in [0.717, 1.165) is 16.2 Å². The smallest absolute Gasteiger partial charge is 0.271 e. The third-order valence-corrected chi connectivity index (χ3v) is 4.81. The first-order valence-electron chi connectivity index (χ1n) is 7.57. The van der Waals surface area contributed by atoms with Crippen LogP contribution in [0.25, 0.3) is 12.2 Å². The van der Waals surface area contributed by atoms with Gasteiger partial charge in [0.25, 0.3) is 5.56 Å². The second-order valence-corrected chi connectivity index (χ2v) is 6.35. The molecule has 0 saturated carbocycles. The van der Waals surface area contributed by atoms with E-state index in [0.29, 0.717) is 17.9 Å². The monoisotopic (exact) mass is 337 g/mol. The molecule has 1 aromatic carbocycles. The average Bonchev–Trinajstić information content (AvgIpc) is 3.24. The van der Waals surface area contributed by atoms with Crippen molar-refractivity contribution in [2.75, 3.05) is 11.6 Å². The van der Waals surface area contributed by atoms with E-state index in [1.165, 1.54) is 11.3 Å². The maximum Gasteiger partial charge on any atom is 0.271 e. The molecule has 2 aromatic heterocycles. The molecule has 1 aliphatic heterocycles. The van der Waals surface area contributed by atoms with Gasteiger partial charge in [-0.3, -0.25) is 9.36 Å². The molecule has 0 atom stereocenters. The first kappa shape index (κ1) is 14.7. The maximum atomic E-state index is 12.6. The molecule has 5 nitrogen and oxygen atoms in total. The molecule has 0 aliphatic carbocycles. The van der Waals surface area contributed by atoms with Gasteiger partial charge in [-0.05, 0) is 36.4 Å². The summed E-state index contributed by atoms with van der Waals surface area (Å²) in [5, 5.41) is 0. The SMILES string of the molecule is O=c1/c(=C/C=C/c2ccco2)sc2n1CN(c1ccccc1)CN=2. The van der Waals surface area contributed by atoms with Gasteiger partial charge in [0.15, 0.2) is 4.80 Å². The Labute approximate surface area is 142 Å². The zero-order valence-electron chi connectivity index (χ0n) is 12.8. The van der Waals surface area contributed by atoms with Gasteiger partial charge in [0.1, 0.15) is 19.1 Å². The van der Waals surface area contributed by atoms with Gasteiger partial charge in [0, 0.05) is 5.69 Å². The number of hydrogen-bond donors (Lipinski definition) is 0. The fourth-order valence-corrected chi connectivity index (χ4v) is 3.46. The minimum absolute atomic E-state index is 0.0107. The van der Waals surface area contributed by atoms with Crippen molar-refractivity contribution in [3.05, 3.63) is 80.3 Å². The predicted molar refractivity (Wildman–Crippen MR) is 95.4 cm³/mol. The van der Waals surface area contributed by atoms with Crippen molar-refractivity contribution < 1.29 is 4.42 Å². The number of thiazole rings is 1. The minimum Gasteiger partial charge on any atom is -0.465 e. The first-order valence-corrected chi connectivity index (χ1v) is 8.39. The number of rotatable bonds is 3. The second kappa shape index (κ2) is 6.33. The Bertz CT molecular complexity index is 1030. The molecule has 3 heterocycles. The van der Waals surface area contributed by atoms with Crippen LogP contribution in [0.2, 0.25) is 0 Å². The van der Waals surface area contributed by atoms with Crippen LogP contribution in [0.4, 0.5) is 5.69 Å². The lowest BCUT2D eigenvalue weighted by Gasteiger charge is -2.25. The maximum absolute atomic E-state index is 12.6. The molecule has 0 fully saturated rings. The summed E-state index contributed by atoms with van der Waals surface area (Å²) in [7, 11) is 0. The van der Waals surface area contributed by atoms with Gasteiger partial charge >= 0.3 is 0 Å². The van der Waals surface area contributed by atoms with Gasteiger partial charge in [-0.2, -0.15) is 0 Å². The predicted octanol–water partition coefficient (Wildman–Crippen LogP) is 2.05. The molecule has 4 rings (SSSR count). The van der Waals surface area contributed by atoms with E-state index in [1.54, 1.807) is 10.8 Å². The Morgan fingerprint density at radius 2 is 2.04 bits per heavy atom. The van der Waals surface area contributed by atoms with Crippen LogP contribution in [0.3, 0.4) is 0 Å². The Hall–Kier alpha value is -2.86. The van der Waals surface area contributed by atoms with Crippen LogP contribution in [-0.2, 0) is 6.67 Å². The largest absolute Gasteiger partial charge is 0.465 e. The van der Waals surface area contributed by atoms with E-state index < -0.39 is 0 Å². The zero-order chi connectivity index (χ0) is 16.4. The summed E-state index contributed by atoms with van der Waals surface area (Å²) in [6.45, 7) is 1.08. The highest BCUT2D eigenvalue weighted by molar-refractivity contribution is 7.07. The quantitative estimate of drug-likeness (QED) is 0.735. The van der Waals surface area contributed by atoms with E-state index in [9.17, 15) is 4.79 Å². The van der Waals surface area contributed by atoms with Crippen molar-refractivity contribution in [3.63, 3.8) is 0 Å². The zero-order valence-corrected chi connectivity index (χ0v) is 13.6. The van der Waals surface area contributed by atoms with Gasteiger partial charge in [0.05, 0.1) is 10.8 Å². The van der Waals surface area contributed by atoms with Crippen molar-refractivity contribution in [3.8, 4) is 0 Å². The summed E-state index contributed by atoms with van der Waals surface area (Å²) < 4.78 is 7.62. The van der Waals surface area contributed by atoms with E-state index in [1.807, 2.05) is 60.7 Å². The topological polar surface area (TPSA) is 50.7 Å². The number of fused-ring (bicyclic) bond motifs is 1. The van der Waals surface area contributed by atoms with Gasteiger partial charge in [-0.25, -0.2) is 4.99 Å². The van der Waals surface area contributed by atoms with Crippen LogP contribution in [0.1, 0.15) is 5.76 Å². The number of furan rings is 1. The number of para-hydroxylation sites is 1. The molecule has 1 aliphatic rings. The van der Waals surface area contributed by atoms with E-state index in [-0.39, 0.29) is 5.56 Å². The van der Waals surface area contributed by atoms with Crippen LogP contribution in [0, 0.1) is 0 Å². The lowest BCUT2D eigenvalue weighted by atomic mass is 10.3. The van der Waals surface area contributed by atoms with Crippen molar-refractivity contribution in [2.45, 2.75) is 6.67 Å². The number of aromatic nitrogens is 1. The third kappa shape index (κ3) is 2.83. The van der Waals surface area contributed by atoms with Gasteiger partial charge in [0.2, 0.25) is 0 Å². The van der Waals surface area contributed by atoms with Crippen LogP contribution < -0.4 is 19.8 Å². The lowest BCUT2D eigenvalue weighted by Crippen LogP contribution is -2.42. The number of anilines is 1. The molecule has 0 unspecified atom stereocenters. The van der Waals surface area contributed by atoms with E-state index >= 15 is 0 Å². The van der Waals surface area contributed by atoms with Gasteiger partial charge in [-0.1, -0.05) is 35.6 Å². The molecular weight excluding hydrogens is 322 g/mol. The van der Waals surface area contributed by atoms with Crippen molar-refractivity contribution in [2.24, 2.45) is 4.99 Å². The highest BCUT2D eigenvalue weighted by Gasteiger charge is 2.15. The number of allylic oxidation sites excluding steroid dienone is 1. The molecular formula is C18H15N3O2S. The Morgan fingerprint density at radius 3 is 2.83 bits per heavy atom. The fraction of sp³-hybridized carbons (Fsp3) is 0.111. The Balaban J connectivity index is 1.64. The van der Waals surface area contributed by atoms with Crippen LogP contribution in [0.15, 0.2) is 69.0 Å². The summed E-state index contributed by atoms with van der Waals surface area (Å²) >= 11 is 1.42. The van der Waals surface area contributed by atoms with E-state index in [2.05, 4.69) is 9.89 Å². The molecule has 3 aromatic rings. The van der Waals surface area contributed by atoms with Crippen LogP contribution in [-0.4, -0.2) is 11.2 Å². The molecule has 0 spiro atoms. The standard InChI is InChI=1S/C18H15N3O2S/c22-17-16(10-4-8-15-9-5-11-23-15)24-18-19-12-20(13-21(17)18)14-6-2-1-3-7-14/h1-11H,12-13H2/b8-4+,16-10-. The number of hydrogen-bond acceptors (Lipinski definition) is 5. The fourth-order valence-electron chi connectivity index (χ4n) is 2.54. The molecule has 0 radical (unpaired) electrons. The molecule has 0 amide bonds. The highest BCUT2D eigenvalue weighted by Crippen LogP contribution is 2.14. The summed E-state index contributed by atoms with van der Waals surface area (Å²) in [5.41, 5.74) is 1.05. The highest BCUT2D eigenvalue weighted by atomic mass is 32.1. The lowest BCUT2D eigenvalue weighted by molar-refractivity contribution is 0.557. The number of benzene rings is 1. The van der Waals surface area contributed by atoms with Crippen molar-refractivity contribution in [1.82, 2.24) is 4.57 Å². The third-order valence-electron chi connectivity index (χ3n) is 3.75. The molecule has 120 valence electrons. The molecule has 6 heteroatoms. The van der Waals surface area contributed by atoms with Crippen LogP contribution >= 0.6 is 11.3 Å². The van der Waals surface area contributed by atoms with Crippen molar-refractivity contribution in [1.29, 1.82) is 0 Å². The average molecular weight is 337 g/mol. The van der Waals surface area contributed by atoms with E-state index in [4.69, 9.17) is 4.42 Å². The molecule has 0 saturated heterocycles. The Morgan fingerprint density at radius 1 is 1.17 bits per heavy atom. The molecule has 0 N–H and O–H groups in total. The first-order chi connectivity index (χ1) is 11.8. The summed E-state index contributed by atoms with van der Waals surface area (Å²) in [5.74, 6) is 0.757.